The summed E-state index contributed by atoms with van der Waals surface area (Å²) in [4.78, 5) is 26.6. The minimum Gasteiger partial charge on any atom is -0.368 e. The number of likely N-dealkylation sites (tertiary alicyclic amines) is 1. The standard InChI is InChI=1S/C17H17N5O3S/c23-17(12-3-8-26-11-12)22-6-1-13(2-7-22)24-10-15-20-16(21-25-15)14-9-18-4-5-19-14/h3-5,8-9,11,13H,1-2,6-7,10H2. The summed E-state index contributed by atoms with van der Waals surface area (Å²) in [5.41, 5.74) is 1.32. The Hall–Kier alpha value is -2.65. The predicted octanol–water partition coefficient (Wildman–Crippen LogP) is 2.41. The van der Waals surface area contributed by atoms with Gasteiger partial charge in [0, 0.05) is 30.9 Å². The van der Waals surface area contributed by atoms with Gasteiger partial charge in [0.25, 0.3) is 11.8 Å². The fourth-order valence-corrected chi connectivity index (χ4v) is 3.45. The van der Waals surface area contributed by atoms with Gasteiger partial charge in [-0.25, -0.2) is 4.98 Å². The molecular weight excluding hydrogens is 354 g/mol. The highest BCUT2D eigenvalue weighted by molar-refractivity contribution is 7.08. The van der Waals surface area contributed by atoms with Crippen LogP contribution in [0.15, 0.2) is 39.9 Å². The summed E-state index contributed by atoms with van der Waals surface area (Å²) in [5, 5.41) is 7.70. The number of carbonyl (C=O) groups is 1. The Morgan fingerprint density at radius 3 is 2.96 bits per heavy atom. The van der Waals surface area contributed by atoms with Crippen LogP contribution in [0.5, 0.6) is 0 Å². The van der Waals surface area contributed by atoms with E-state index in [-0.39, 0.29) is 18.6 Å². The van der Waals surface area contributed by atoms with Gasteiger partial charge in [0.2, 0.25) is 5.82 Å². The van der Waals surface area contributed by atoms with Gasteiger partial charge >= 0.3 is 0 Å². The van der Waals surface area contributed by atoms with Crippen molar-refractivity contribution in [3.63, 3.8) is 0 Å². The SMILES string of the molecule is O=C(c1ccsc1)N1CCC(OCc2nc(-c3cnccn3)no2)CC1. The van der Waals surface area contributed by atoms with Gasteiger partial charge in [-0.2, -0.15) is 16.3 Å². The van der Waals surface area contributed by atoms with Gasteiger partial charge in [0.05, 0.1) is 17.9 Å². The number of hydrogen-bond acceptors (Lipinski definition) is 8. The molecule has 4 rings (SSSR count). The smallest absolute Gasteiger partial charge is 0.254 e. The maximum absolute atomic E-state index is 12.3. The van der Waals surface area contributed by atoms with Crippen molar-refractivity contribution in [3.8, 4) is 11.5 Å². The molecule has 1 amide bonds. The zero-order valence-electron chi connectivity index (χ0n) is 13.9. The monoisotopic (exact) mass is 371 g/mol. The van der Waals surface area contributed by atoms with Crippen LogP contribution in [0.25, 0.3) is 11.5 Å². The lowest BCUT2D eigenvalue weighted by molar-refractivity contribution is -0.00977. The van der Waals surface area contributed by atoms with Crippen molar-refractivity contribution in [2.75, 3.05) is 13.1 Å². The van der Waals surface area contributed by atoms with Gasteiger partial charge in [-0.1, -0.05) is 5.16 Å². The Balaban J connectivity index is 1.26. The number of piperidine rings is 1. The molecule has 3 aromatic rings. The van der Waals surface area contributed by atoms with Crippen molar-refractivity contribution in [3.05, 3.63) is 46.9 Å². The van der Waals surface area contributed by atoms with Gasteiger partial charge in [-0.15, -0.1) is 0 Å². The van der Waals surface area contributed by atoms with E-state index in [0.717, 1.165) is 18.4 Å². The molecule has 8 nitrogen and oxygen atoms in total. The number of ether oxygens (including phenoxy) is 1. The van der Waals surface area contributed by atoms with Crippen LogP contribution in [0.4, 0.5) is 0 Å². The number of aromatic nitrogens is 4. The van der Waals surface area contributed by atoms with Crippen LogP contribution in [-0.2, 0) is 11.3 Å². The minimum absolute atomic E-state index is 0.0772. The highest BCUT2D eigenvalue weighted by Crippen LogP contribution is 2.19. The maximum Gasteiger partial charge on any atom is 0.254 e. The van der Waals surface area contributed by atoms with Gasteiger partial charge in [0.1, 0.15) is 12.3 Å². The van der Waals surface area contributed by atoms with Crippen LogP contribution < -0.4 is 0 Å². The summed E-state index contributed by atoms with van der Waals surface area (Å²) in [6.07, 6.45) is 6.40. The Labute approximate surface area is 153 Å². The van der Waals surface area contributed by atoms with Gasteiger partial charge in [0.15, 0.2) is 0 Å². The van der Waals surface area contributed by atoms with Gasteiger partial charge in [-0.05, 0) is 24.3 Å². The Bertz CT molecular complexity index is 844. The van der Waals surface area contributed by atoms with Crippen molar-refractivity contribution in [2.45, 2.75) is 25.6 Å². The molecule has 1 aliphatic heterocycles. The molecule has 0 aliphatic carbocycles. The molecule has 0 N–H and O–H groups in total. The fraction of sp³-hybridized carbons (Fsp3) is 0.353. The fourth-order valence-electron chi connectivity index (χ4n) is 2.82. The van der Waals surface area contributed by atoms with E-state index in [0.29, 0.717) is 30.5 Å². The summed E-state index contributed by atoms with van der Waals surface area (Å²) in [6.45, 7) is 1.62. The van der Waals surface area contributed by atoms with Crippen molar-refractivity contribution in [1.29, 1.82) is 0 Å². The Morgan fingerprint density at radius 1 is 1.35 bits per heavy atom. The first-order valence-corrected chi connectivity index (χ1v) is 9.26. The van der Waals surface area contributed by atoms with Crippen LogP contribution in [-0.4, -0.2) is 50.1 Å². The van der Waals surface area contributed by atoms with Crippen molar-refractivity contribution < 1.29 is 14.1 Å². The summed E-state index contributed by atoms with van der Waals surface area (Å²) in [5.74, 6) is 0.894. The zero-order chi connectivity index (χ0) is 17.8. The van der Waals surface area contributed by atoms with E-state index in [1.54, 1.807) is 18.6 Å². The maximum atomic E-state index is 12.3. The first-order valence-electron chi connectivity index (χ1n) is 8.31. The molecule has 0 saturated carbocycles. The first-order chi connectivity index (χ1) is 12.8. The molecule has 3 aromatic heterocycles. The molecule has 134 valence electrons. The summed E-state index contributed by atoms with van der Waals surface area (Å²) < 4.78 is 11.1. The second-order valence-corrected chi connectivity index (χ2v) is 6.70. The van der Waals surface area contributed by atoms with Crippen molar-refractivity contribution in [2.24, 2.45) is 0 Å². The molecule has 1 aliphatic rings. The molecule has 4 heterocycles. The zero-order valence-corrected chi connectivity index (χ0v) is 14.8. The van der Waals surface area contributed by atoms with E-state index < -0.39 is 0 Å². The molecular formula is C17H17N5O3S. The number of nitrogens with zero attached hydrogens (tertiary/aromatic N) is 5. The second-order valence-electron chi connectivity index (χ2n) is 5.92. The molecule has 26 heavy (non-hydrogen) atoms. The van der Waals surface area contributed by atoms with Crippen LogP contribution in [0.3, 0.4) is 0 Å². The Kier molecular flexibility index (Phi) is 4.98. The summed E-state index contributed by atoms with van der Waals surface area (Å²) in [7, 11) is 0. The quantitative estimate of drug-likeness (QED) is 0.680. The number of hydrogen-bond donors (Lipinski definition) is 0. The average molecular weight is 371 g/mol. The normalized spacial score (nSPS) is 15.3. The number of thiophene rings is 1. The van der Waals surface area contributed by atoms with E-state index in [1.165, 1.54) is 11.3 Å². The van der Waals surface area contributed by atoms with E-state index >= 15 is 0 Å². The lowest BCUT2D eigenvalue weighted by Crippen LogP contribution is -2.40. The molecule has 1 fully saturated rings. The van der Waals surface area contributed by atoms with Crippen molar-refractivity contribution >= 4 is 17.2 Å². The molecule has 0 bridgehead atoms. The molecule has 9 heteroatoms. The van der Waals surface area contributed by atoms with E-state index in [9.17, 15) is 4.79 Å². The van der Waals surface area contributed by atoms with Crippen LogP contribution in [0.2, 0.25) is 0 Å². The number of rotatable bonds is 5. The minimum atomic E-state index is 0.0772. The number of carbonyl (C=O) groups excluding carboxylic acids is 1. The molecule has 0 atom stereocenters. The Morgan fingerprint density at radius 2 is 2.23 bits per heavy atom. The lowest BCUT2D eigenvalue weighted by Gasteiger charge is -2.31. The van der Waals surface area contributed by atoms with Crippen LogP contribution in [0.1, 0.15) is 29.1 Å². The average Bonchev–Trinajstić information content (AvgIpc) is 3.39. The van der Waals surface area contributed by atoms with Crippen molar-refractivity contribution in [1.82, 2.24) is 25.0 Å². The largest absolute Gasteiger partial charge is 0.368 e. The van der Waals surface area contributed by atoms with E-state index in [1.807, 2.05) is 21.7 Å². The topological polar surface area (TPSA) is 94.2 Å². The first kappa shape index (κ1) is 16.8. The van der Waals surface area contributed by atoms with Gasteiger partial charge < -0.3 is 14.2 Å². The van der Waals surface area contributed by atoms with E-state index in [4.69, 9.17) is 9.26 Å². The molecule has 0 spiro atoms. The lowest BCUT2D eigenvalue weighted by atomic mass is 10.1. The highest BCUT2D eigenvalue weighted by atomic mass is 32.1. The number of amides is 1. The second kappa shape index (κ2) is 7.71. The molecule has 0 radical (unpaired) electrons. The van der Waals surface area contributed by atoms with E-state index in [2.05, 4.69) is 20.1 Å². The van der Waals surface area contributed by atoms with Crippen LogP contribution >= 0.6 is 11.3 Å². The summed E-state index contributed by atoms with van der Waals surface area (Å²) in [6, 6.07) is 1.86. The third kappa shape index (κ3) is 3.78. The predicted molar refractivity (Wildman–Crippen MR) is 93.4 cm³/mol. The van der Waals surface area contributed by atoms with Crippen LogP contribution in [0, 0.1) is 0 Å². The highest BCUT2D eigenvalue weighted by Gasteiger charge is 2.24. The van der Waals surface area contributed by atoms with Gasteiger partial charge in [-0.3, -0.25) is 9.78 Å². The third-order valence-electron chi connectivity index (χ3n) is 4.20. The molecule has 0 unspecified atom stereocenters. The molecule has 0 aromatic carbocycles. The molecule has 1 saturated heterocycles. The summed E-state index contributed by atoms with van der Waals surface area (Å²) >= 11 is 1.53. The third-order valence-corrected chi connectivity index (χ3v) is 4.88.